The monoisotopic (exact) mass is 269 g/mol. The molecule has 0 spiro atoms. The maximum absolute atomic E-state index is 6.10. The van der Waals surface area contributed by atoms with E-state index in [2.05, 4.69) is 15.6 Å². The van der Waals surface area contributed by atoms with Gasteiger partial charge in [-0.25, -0.2) is 4.98 Å². The Morgan fingerprint density at radius 2 is 2.24 bits per heavy atom. The molecule has 0 saturated carbocycles. The van der Waals surface area contributed by atoms with Crippen LogP contribution in [0.2, 0.25) is 4.34 Å². The van der Waals surface area contributed by atoms with Gasteiger partial charge in [-0.05, 0) is 32.4 Å². The largest absolute Gasteiger partial charge is 0.333 e. The van der Waals surface area contributed by atoms with E-state index in [-0.39, 0.29) is 5.54 Å². The van der Waals surface area contributed by atoms with Gasteiger partial charge >= 0.3 is 0 Å². The summed E-state index contributed by atoms with van der Waals surface area (Å²) in [7, 11) is 0. The van der Waals surface area contributed by atoms with E-state index < -0.39 is 0 Å². The van der Waals surface area contributed by atoms with Crippen LogP contribution in [0.15, 0.2) is 24.7 Å². The van der Waals surface area contributed by atoms with Crippen molar-refractivity contribution < 1.29 is 0 Å². The minimum Gasteiger partial charge on any atom is -0.333 e. The highest BCUT2D eigenvalue weighted by Gasteiger charge is 2.18. The van der Waals surface area contributed by atoms with E-state index in [1.165, 1.54) is 4.88 Å². The van der Waals surface area contributed by atoms with E-state index in [1.807, 2.05) is 32.4 Å². The Hall–Kier alpha value is -0.840. The minimum absolute atomic E-state index is 0.358. The topological polar surface area (TPSA) is 43.8 Å². The van der Waals surface area contributed by atoms with Crippen LogP contribution in [0, 0.1) is 0 Å². The van der Waals surface area contributed by atoms with Crippen molar-refractivity contribution in [2.45, 2.75) is 32.4 Å². The number of nitrogens with zero attached hydrogens (tertiary/aromatic N) is 2. The van der Waals surface area contributed by atoms with E-state index in [0.29, 0.717) is 0 Å². The Morgan fingerprint density at radius 1 is 1.47 bits per heavy atom. The standard InChI is InChI=1S/C12H16ClN3S/c1-12(2,14)10-7-15-8-16(10)6-5-9-3-4-11(13)17-9/h3-4,7-8H,5-6,14H2,1-2H3. The quantitative estimate of drug-likeness (QED) is 0.927. The van der Waals surface area contributed by atoms with Crippen molar-refractivity contribution in [2.75, 3.05) is 0 Å². The minimum atomic E-state index is -0.358. The molecule has 0 aliphatic rings. The fourth-order valence-electron chi connectivity index (χ4n) is 1.75. The van der Waals surface area contributed by atoms with Gasteiger partial charge in [0.1, 0.15) is 0 Å². The van der Waals surface area contributed by atoms with Crippen molar-refractivity contribution in [3.05, 3.63) is 39.6 Å². The zero-order valence-corrected chi connectivity index (χ0v) is 11.6. The predicted octanol–water partition coefficient (Wildman–Crippen LogP) is 3.03. The summed E-state index contributed by atoms with van der Waals surface area (Å²) in [4.78, 5) is 5.45. The highest BCUT2D eigenvalue weighted by molar-refractivity contribution is 7.16. The zero-order valence-electron chi connectivity index (χ0n) is 9.98. The molecule has 5 heteroatoms. The first-order chi connectivity index (χ1) is 7.97. The number of thiophene rings is 1. The summed E-state index contributed by atoms with van der Waals surface area (Å²) in [6, 6.07) is 4.00. The van der Waals surface area contributed by atoms with Crippen LogP contribution in [-0.2, 0) is 18.5 Å². The average molecular weight is 270 g/mol. The Kier molecular flexibility index (Phi) is 3.56. The van der Waals surface area contributed by atoms with Crippen LogP contribution in [-0.4, -0.2) is 9.55 Å². The van der Waals surface area contributed by atoms with Crippen molar-refractivity contribution in [3.8, 4) is 0 Å². The van der Waals surface area contributed by atoms with E-state index in [0.717, 1.165) is 23.0 Å². The third kappa shape index (κ3) is 3.09. The number of halogens is 1. The van der Waals surface area contributed by atoms with Crippen LogP contribution in [0.1, 0.15) is 24.4 Å². The van der Waals surface area contributed by atoms with E-state index >= 15 is 0 Å². The second-order valence-electron chi connectivity index (χ2n) is 4.65. The molecule has 0 amide bonds. The third-order valence-corrected chi connectivity index (χ3v) is 3.89. The molecule has 0 bridgehead atoms. The maximum atomic E-state index is 6.10. The molecule has 2 aromatic heterocycles. The SMILES string of the molecule is CC(C)(N)c1cncn1CCc1ccc(Cl)s1. The van der Waals surface area contributed by atoms with Crippen molar-refractivity contribution in [2.24, 2.45) is 5.73 Å². The molecular formula is C12H16ClN3S. The van der Waals surface area contributed by atoms with E-state index in [4.69, 9.17) is 17.3 Å². The first kappa shape index (κ1) is 12.6. The first-order valence-corrected chi connectivity index (χ1v) is 6.70. The number of imidazole rings is 1. The molecule has 0 saturated heterocycles. The molecule has 0 atom stereocenters. The highest BCUT2D eigenvalue weighted by Crippen LogP contribution is 2.23. The van der Waals surface area contributed by atoms with E-state index in [1.54, 1.807) is 11.3 Å². The summed E-state index contributed by atoms with van der Waals surface area (Å²) in [5, 5.41) is 0. The number of hydrogen-bond acceptors (Lipinski definition) is 3. The molecule has 0 radical (unpaired) electrons. The van der Waals surface area contributed by atoms with Gasteiger partial charge in [-0.3, -0.25) is 0 Å². The van der Waals surface area contributed by atoms with Crippen molar-refractivity contribution in [3.63, 3.8) is 0 Å². The second-order valence-corrected chi connectivity index (χ2v) is 6.45. The van der Waals surface area contributed by atoms with Gasteiger partial charge in [-0.15, -0.1) is 11.3 Å². The lowest BCUT2D eigenvalue weighted by Crippen LogP contribution is -2.31. The molecule has 3 nitrogen and oxygen atoms in total. The maximum Gasteiger partial charge on any atom is 0.0948 e. The summed E-state index contributed by atoms with van der Waals surface area (Å²) in [6.07, 6.45) is 4.62. The average Bonchev–Trinajstić information content (AvgIpc) is 2.81. The lowest BCUT2D eigenvalue weighted by molar-refractivity contribution is 0.492. The van der Waals surface area contributed by atoms with E-state index in [9.17, 15) is 0 Å². The molecule has 0 fully saturated rings. The van der Waals surface area contributed by atoms with Crippen LogP contribution in [0.5, 0.6) is 0 Å². The Bertz CT molecular complexity index is 496. The molecule has 92 valence electrons. The van der Waals surface area contributed by atoms with Gasteiger partial charge in [-0.2, -0.15) is 0 Å². The number of rotatable bonds is 4. The Balaban J connectivity index is 2.07. The lowest BCUT2D eigenvalue weighted by atomic mass is 10.0. The van der Waals surface area contributed by atoms with Crippen LogP contribution in [0.25, 0.3) is 0 Å². The van der Waals surface area contributed by atoms with Crippen LogP contribution < -0.4 is 5.73 Å². The summed E-state index contributed by atoms with van der Waals surface area (Å²) in [6.45, 7) is 4.86. The van der Waals surface area contributed by atoms with Gasteiger partial charge in [0.05, 0.1) is 21.9 Å². The van der Waals surface area contributed by atoms with Gasteiger partial charge < -0.3 is 10.3 Å². The summed E-state index contributed by atoms with van der Waals surface area (Å²) < 4.78 is 2.94. The number of aromatic nitrogens is 2. The van der Waals surface area contributed by atoms with Crippen molar-refractivity contribution in [1.29, 1.82) is 0 Å². The van der Waals surface area contributed by atoms with Crippen LogP contribution in [0.3, 0.4) is 0 Å². The van der Waals surface area contributed by atoms with Crippen molar-refractivity contribution >= 4 is 22.9 Å². The molecule has 17 heavy (non-hydrogen) atoms. The summed E-state index contributed by atoms with van der Waals surface area (Å²) in [5.41, 5.74) is 6.79. The summed E-state index contributed by atoms with van der Waals surface area (Å²) >= 11 is 7.53. The van der Waals surface area contributed by atoms with Crippen LogP contribution in [0.4, 0.5) is 0 Å². The first-order valence-electron chi connectivity index (χ1n) is 5.50. The van der Waals surface area contributed by atoms with Crippen LogP contribution >= 0.6 is 22.9 Å². The van der Waals surface area contributed by atoms with Gasteiger partial charge in [0.2, 0.25) is 0 Å². The Labute approximate surface area is 110 Å². The zero-order chi connectivity index (χ0) is 12.5. The van der Waals surface area contributed by atoms with Gasteiger partial charge in [-0.1, -0.05) is 11.6 Å². The fraction of sp³-hybridized carbons (Fsp3) is 0.417. The molecule has 0 aliphatic heterocycles. The second kappa shape index (κ2) is 4.80. The number of nitrogens with two attached hydrogens (primary N) is 1. The molecule has 2 N–H and O–H groups in total. The molecule has 2 aromatic rings. The molecule has 2 heterocycles. The molecule has 0 aliphatic carbocycles. The molecule has 0 unspecified atom stereocenters. The summed E-state index contributed by atoms with van der Waals surface area (Å²) in [5.74, 6) is 0. The predicted molar refractivity (Wildman–Crippen MR) is 72.5 cm³/mol. The highest BCUT2D eigenvalue weighted by atomic mass is 35.5. The van der Waals surface area contributed by atoms with Crippen molar-refractivity contribution in [1.82, 2.24) is 9.55 Å². The van der Waals surface area contributed by atoms with Gasteiger partial charge in [0, 0.05) is 17.6 Å². The van der Waals surface area contributed by atoms with Gasteiger partial charge in [0.15, 0.2) is 0 Å². The Morgan fingerprint density at radius 3 is 2.82 bits per heavy atom. The lowest BCUT2D eigenvalue weighted by Gasteiger charge is -2.20. The smallest absolute Gasteiger partial charge is 0.0948 e. The molecule has 2 rings (SSSR count). The number of hydrogen-bond donors (Lipinski definition) is 1. The fourth-order valence-corrected chi connectivity index (χ4v) is 2.83. The third-order valence-electron chi connectivity index (χ3n) is 2.60. The van der Waals surface area contributed by atoms with Gasteiger partial charge in [0.25, 0.3) is 0 Å². The number of aryl methyl sites for hydroxylation is 2. The normalized spacial score (nSPS) is 12.0. The molecular weight excluding hydrogens is 254 g/mol. The molecule has 0 aromatic carbocycles.